The van der Waals surface area contributed by atoms with E-state index in [2.05, 4.69) is 29.5 Å². The molecule has 0 radical (unpaired) electrons. The van der Waals surface area contributed by atoms with E-state index >= 15 is 0 Å². The SMILES string of the molecule is Cc1nc2ccccc2n1CC(N)C(C)C. The first-order chi connectivity index (χ1) is 7.59. The largest absolute Gasteiger partial charge is 0.327 e. The van der Waals surface area contributed by atoms with Crippen LogP contribution in [0.4, 0.5) is 0 Å². The Morgan fingerprint density at radius 1 is 1.31 bits per heavy atom. The van der Waals surface area contributed by atoms with E-state index in [1.54, 1.807) is 0 Å². The van der Waals surface area contributed by atoms with Gasteiger partial charge in [-0.1, -0.05) is 26.0 Å². The molecule has 0 aliphatic heterocycles. The van der Waals surface area contributed by atoms with Crippen molar-refractivity contribution in [3.8, 4) is 0 Å². The maximum atomic E-state index is 6.12. The van der Waals surface area contributed by atoms with E-state index < -0.39 is 0 Å². The molecule has 0 aliphatic rings. The molecule has 3 heteroatoms. The summed E-state index contributed by atoms with van der Waals surface area (Å²) in [6, 6.07) is 8.38. The number of aromatic nitrogens is 2. The third-order valence-electron chi connectivity index (χ3n) is 3.10. The van der Waals surface area contributed by atoms with E-state index in [1.165, 1.54) is 5.52 Å². The van der Waals surface area contributed by atoms with Gasteiger partial charge >= 0.3 is 0 Å². The predicted molar refractivity (Wildman–Crippen MR) is 67.3 cm³/mol. The van der Waals surface area contributed by atoms with Crippen molar-refractivity contribution in [2.24, 2.45) is 11.7 Å². The Morgan fingerprint density at radius 3 is 2.69 bits per heavy atom. The van der Waals surface area contributed by atoms with Gasteiger partial charge in [-0.2, -0.15) is 0 Å². The molecule has 1 unspecified atom stereocenters. The highest BCUT2D eigenvalue weighted by Crippen LogP contribution is 2.16. The first-order valence-electron chi connectivity index (χ1n) is 5.77. The lowest BCUT2D eigenvalue weighted by atomic mass is 10.1. The number of hydrogen-bond donors (Lipinski definition) is 1. The van der Waals surface area contributed by atoms with E-state index in [1.807, 2.05) is 25.1 Å². The van der Waals surface area contributed by atoms with Crippen molar-refractivity contribution < 1.29 is 0 Å². The molecule has 1 heterocycles. The average molecular weight is 217 g/mol. The lowest BCUT2D eigenvalue weighted by Gasteiger charge is -2.17. The molecule has 0 bridgehead atoms. The van der Waals surface area contributed by atoms with E-state index in [4.69, 9.17) is 5.73 Å². The number of hydrogen-bond acceptors (Lipinski definition) is 2. The third kappa shape index (κ3) is 1.95. The molecule has 0 fully saturated rings. The predicted octanol–water partition coefficient (Wildman–Crippen LogP) is 2.33. The lowest BCUT2D eigenvalue weighted by Crippen LogP contribution is -2.31. The van der Waals surface area contributed by atoms with Gasteiger partial charge in [-0.05, 0) is 25.0 Å². The Labute approximate surface area is 96.3 Å². The molecule has 1 atom stereocenters. The Kier molecular flexibility index (Phi) is 2.97. The number of imidazole rings is 1. The minimum Gasteiger partial charge on any atom is -0.327 e. The lowest BCUT2D eigenvalue weighted by molar-refractivity contribution is 0.434. The number of para-hydroxylation sites is 2. The topological polar surface area (TPSA) is 43.8 Å². The van der Waals surface area contributed by atoms with Crippen LogP contribution in [-0.2, 0) is 6.54 Å². The molecular weight excluding hydrogens is 198 g/mol. The first kappa shape index (κ1) is 11.1. The quantitative estimate of drug-likeness (QED) is 0.857. The van der Waals surface area contributed by atoms with Crippen molar-refractivity contribution in [3.05, 3.63) is 30.1 Å². The molecule has 2 N–H and O–H groups in total. The molecule has 1 aromatic heterocycles. The van der Waals surface area contributed by atoms with Crippen LogP contribution >= 0.6 is 0 Å². The second-order valence-electron chi connectivity index (χ2n) is 4.67. The molecule has 1 aromatic carbocycles. The van der Waals surface area contributed by atoms with Gasteiger partial charge in [-0.3, -0.25) is 0 Å². The van der Waals surface area contributed by atoms with E-state index in [9.17, 15) is 0 Å². The Balaban J connectivity index is 2.40. The van der Waals surface area contributed by atoms with Crippen LogP contribution in [0.25, 0.3) is 11.0 Å². The number of nitrogens with zero attached hydrogens (tertiary/aromatic N) is 2. The summed E-state index contributed by atoms with van der Waals surface area (Å²) in [4.78, 5) is 4.53. The van der Waals surface area contributed by atoms with Crippen LogP contribution in [0.3, 0.4) is 0 Å². The summed E-state index contributed by atoms with van der Waals surface area (Å²) in [5.41, 5.74) is 8.35. The van der Waals surface area contributed by atoms with Gasteiger partial charge in [0.15, 0.2) is 0 Å². The number of rotatable bonds is 3. The van der Waals surface area contributed by atoms with Crippen LogP contribution in [0.2, 0.25) is 0 Å². The highest BCUT2D eigenvalue weighted by molar-refractivity contribution is 5.75. The number of benzene rings is 1. The van der Waals surface area contributed by atoms with Crippen molar-refractivity contribution in [1.29, 1.82) is 0 Å². The normalized spacial score (nSPS) is 13.6. The fourth-order valence-electron chi connectivity index (χ4n) is 1.85. The van der Waals surface area contributed by atoms with Crippen LogP contribution in [0.15, 0.2) is 24.3 Å². The molecule has 3 nitrogen and oxygen atoms in total. The summed E-state index contributed by atoms with van der Waals surface area (Å²) in [5.74, 6) is 1.53. The molecule has 0 saturated carbocycles. The summed E-state index contributed by atoms with van der Waals surface area (Å²) in [6.45, 7) is 7.18. The number of nitrogens with two attached hydrogens (primary N) is 1. The van der Waals surface area contributed by atoms with Crippen LogP contribution < -0.4 is 5.73 Å². The maximum absolute atomic E-state index is 6.12. The Bertz CT molecular complexity index is 485. The van der Waals surface area contributed by atoms with Gasteiger partial charge in [0.05, 0.1) is 11.0 Å². The average Bonchev–Trinajstić information content (AvgIpc) is 2.55. The fraction of sp³-hybridized carbons (Fsp3) is 0.462. The molecule has 86 valence electrons. The molecule has 0 spiro atoms. The molecule has 0 aliphatic carbocycles. The van der Waals surface area contributed by atoms with Crippen LogP contribution in [-0.4, -0.2) is 15.6 Å². The Morgan fingerprint density at radius 2 is 2.00 bits per heavy atom. The summed E-state index contributed by atoms with van der Waals surface area (Å²) in [5, 5.41) is 0. The van der Waals surface area contributed by atoms with Crippen molar-refractivity contribution in [3.63, 3.8) is 0 Å². The zero-order chi connectivity index (χ0) is 11.7. The van der Waals surface area contributed by atoms with Gasteiger partial charge in [0.2, 0.25) is 0 Å². The summed E-state index contributed by atoms with van der Waals surface area (Å²) in [7, 11) is 0. The summed E-state index contributed by atoms with van der Waals surface area (Å²) < 4.78 is 2.21. The van der Waals surface area contributed by atoms with Crippen LogP contribution in [0.1, 0.15) is 19.7 Å². The summed E-state index contributed by atoms with van der Waals surface area (Å²) >= 11 is 0. The zero-order valence-electron chi connectivity index (χ0n) is 10.1. The third-order valence-corrected chi connectivity index (χ3v) is 3.10. The van der Waals surface area contributed by atoms with Gasteiger partial charge in [-0.25, -0.2) is 4.98 Å². The molecule has 2 rings (SSSR count). The number of aryl methyl sites for hydroxylation is 1. The zero-order valence-corrected chi connectivity index (χ0v) is 10.1. The fourth-order valence-corrected chi connectivity index (χ4v) is 1.85. The van der Waals surface area contributed by atoms with E-state index in [-0.39, 0.29) is 6.04 Å². The van der Waals surface area contributed by atoms with E-state index in [0.717, 1.165) is 17.9 Å². The molecular formula is C13H19N3. The van der Waals surface area contributed by atoms with E-state index in [0.29, 0.717) is 5.92 Å². The van der Waals surface area contributed by atoms with Gasteiger partial charge in [0.25, 0.3) is 0 Å². The minimum atomic E-state index is 0.177. The standard InChI is InChI=1S/C13H19N3/c1-9(2)11(14)8-16-10(3)15-12-6-4-5-7-13(12)16/h4-7,9,11H,8,14H2,1-3H3. The van der Waals surface area contributed by atoms with Gasteiger partial charge < -0.3 is 10.3 Å². The molecule has 0 amide bonds. The monoisotopic (exact) mass is 217 g/mol. The second kappa shape index (κ2) is 4.26. The van der Waals surface area contributed by atoms with Gasteiger partial charge in [0.1, 0.15) is 5.82 Å². The molecule has 2 aromatic rings. The van der Waals surface area contributed by atoms with Crippen molar-refractivity contribution in [2.45, 2.75) is 33.4 Å². The smallest absolute Gasteiger partial charge is 0.106 e. The van der Waals surface area contributed by atoms with Gasteiger partial charge in [0, 0.05) is 12.6 Å². The Hall–Kier alpha value is -1.35. The highest BCUT2D eigenvalue weighted by atomic mass is 15.1. The summed E-state index contributed by atoms with van der Waals surface area (Å²) in [6.07, 6.45) is 0. The number of fused-ring (bicyclic) bond motifs is 1. The van der Waals surface area contributed by atoms with Crippen molar-refractivity contribution >= 4 is 11.0 Å². The maximum Gasteiger partial charge on any atom is 0.106 e. The molecule has 0 saturated heterocycles. The minimum absolute atomic E-state index is 0.177. The second-order valence-corrected chi connectivity index (χ2v) is 4.67. The van der Waals surface area contributed by atoms with Crippen molar-refractivity contribution in [1.82, 2.24) is 9.55 Å². The van der Waals surface area contributed by atoms with Gasteiger partial charge in [-0.15, -0.1) is 0 Å². The molecule has 16 heavy (non-hydrogen) atoms. The first-order valence-corrected chi connectivity index (χ1v) is 5.77. The van der Waals surface area contributed by atoms with Crippen LogP contribution in [0.5, 0.6) is 0 Å². The van der Waals surface area contributed by atoms with Crippen molar-refractivity contribution in [2.75, 3.05) is 0 Å². The highest BCUT2D eigenvalue weighted by Gasteiger charge is 2.12. The van der Waals surface area contributed by atoms with Crippen LogP contribution in [0, 0.1) is 12.8 Å².